The standard InChI is InChI=1S/C32H38N6O5S/c1-21-9-7-10-22(2)29(21)27-18-28-35-31(34-27)36-44(41,42)26-14-8-11-23(17-26)30(39)38-16-15-37(19-25(38)20-43-28)32(40)33-24-12-5-3-4-6-13-24/h7-11,14,17-18,24-25H,3-6,12-13,15-16,19-20H2,1-2H3,(H,33,40)(H,34,35,36)/t25-/m1/s1. The Balaban J connectivity index is 1.35. The van der Waals surface area contributed by atoms with Gasteiger partial charge in [-0.2, -0.15) is 4.98 Å². The highest BCUT2D eigenvalue weighted by Crippen LogP contribution is 2.30. The number of nitrogens with one attached hydrogen (secondary N) is 2. The van der Waals surface area contributed by atoms with Gasteiger partial charge in [-0.05, 0) is 56.0 Å². The number of rotatable bonds is 2. The van der Waals surface area contributed by atoms with Crippen molar-refractivity contribution >= 4 is 27.9 Å². The number of nitrogens with zero attached hydrogens (tertiary/aromatic N) is 4. The third kappa shape index (κ3) is 6.35. The van der Waals surface area contributed by atoms with Gasteiger partial charge >= 0.3 is 6.03 Å². The first-order valence-electron chi connectivity index (χ1n) is 15.3. The predicted molar refractivity (Wildman–Crippen MR) is 166 cm³/mol. The Bertz CT molecular complexity index is 1650. The normalized spacial score (nSPS) is 20.5. The molecule has 12 heteroatoms. The first kappa shape index (κ1) is 29.9. The van der Waals surface area contributed by atoms with Gasteiger partial charge in [0.05, 0.1) is 16.6 Å². The molecule has 0 unspecified atom stereocenters. The van der Waals surface area contributed by atoms with E-state index in [1.54, 1.807) is 28.0 Å². The lowest BCUT2D eigenvalue weighted by molar-refractivity contribution is 0.0393. The minimum atomic E-state index is -4.13. The number of hydrogen-bond acceptors (Lipinski definition) is 7. The predicted octanol–water partition coefficient (Wildman–Crippen LogP) is 4.51. The Morgan fingerprint density at radius 3 is 2.45 bits per heavy atom. The highest BCUT2D eigenvalue weighted by Gasteiger charge is 2.35. The molecule has 3 heterocycles. The van der Waals surface area contributed by atoms with E-state index < -0.39 is 16.1 Å². The Kier molecular flexibility index (Phi) is 8.44. The molecule has 3 amide bonds. The number of sulfonamides is 1. The summed E-state index contributed by atoms with van der Waals surface area (Å²) >= 11 is 0. The van der Waals surface area contributed by atoms with Crippen LogP contribution in [0.5, 0.6) is 5.88 Å². The third-order valence-corrected chi connectivity index (χ3v) is 10.0. The fraction of sp³-hybridized carbons (Fsp3) is 0.438. The fourth-order valence-corrected chi connectivity index (χ4v) is 7.34. The molecule has 3 aromatic rings. The van der Waals surface area contributed by atoms with Gasteiger partial charge in [0.2, 0.25) is 11.8 Å². The summed E-state index contributed by atoms with van der Waals surface area (Å²) in [5.41, 5.74) is 3.52. The number of urea groups is 1. The molecule has 3 aliphatic rings. The van der Waals surface area contributed by atoms with Crippen molar-refractivity contribution in [2.75, 3.05) is 31.0 Å². The average molecular weight is 619 g/mol. The second-order valence-corrected chi connectivity index (χ2v) is 13.5. The van der Waals surface area contributed by atoms with Gasteiger partial charge in [0.1, 0.15) is 6.61 Å². The first-order valence-corrected chi connectivity index (χ1v) is 16.7. The molecule has 11 nitrogen and oxygen atoms in total. The van der Waals surface area contributed by atoms with Gasteiger partial charge in [0.25, 0.3) is 15.9 Å². The van der Waals surface area contributed by atoms with E-state index in [9.17, 15) is 18.0 Å². The second kappa shape index (κ2) is 12.4. The van der Waals surface area contributed by atoms with Crippen LogP contribution in [0.2, 0.25) is 0 Å². The van der Waals surface area contributed by atoms with E-state index >= 15 is 0 Å². The Morgan fingerprint density at radius 2 is 1.70 bits per heavy atom. The molecule has 1 saturated carbocycles. The summed E-state index contributed by atoms with van der Waals surface area (Å²) in [5.74, 6) is -0.303. The van der Waals surface area contributed by atoms with E-state index in [-0.39, 0.29) is 60.0 Å². The van der Waals surface area contributed by atoms with Crippen LogP contribution in [0.4, 0.5) is 10.7 Å². The zero-order valence-corrected chi connectivity index (χ0v) is 25.9. The highest BCUT2D eigenvalue weighted by atomic mass is 32.2. The zero-order valence-electron chi connectivity index (χ0n) is 25.1. The second-order valence-electron chi connectivity index (χ2n) is 11.9. The molecule has 2 fully saturated rings. The third-order valence-electron chi connectivity index (χ3n) is 8.69. The van der Waals surface area contributed by atoms with Crippen molar-refractivity contribution in [1.82, 2.24) is 25.1 Å². The fourth-order valence-electron chi connectivity index (χ4n) is 6.35. The molecule has 232 valence electrons. The maximum absolute atomic E-state index is 13.8. The van der Waals surface area contributed by atoms with Crippen LogP contribution in [0.3, 0.4) is 0 Å². The van der Waals surface area contributed by atoms with Gasteiger partial charge in [-0.1, -0.05) is 49.9 Å². The Labute approximate surface area is 258 Å². The molecule has 2 aromatic carbocycles. The number of fused-ring (bicyclic) bond motifs is 5. The van der Waals surface area contributed by atoms with Gasteiger partial charge in [-0.3, -0.25) is 4.79 Å². The van der Waals surface area contributed by atoms with Crippen LogP contribution < -0.4 is 14.8 Å². The van der Waals surface area contributed by atoms with Gasteiger partial charge in [-0.25, -0.2) is 22.9 Å². The zero-order chi connectivity index (χ0) is 30.8. The summed E-state index contributed by atoms with van der Waals surface area (Å²) in [4.78, 5) is 39.4. The topological polar surface area (TPSA) is 134 Å². The van der Waals surface area contributed by atoms with Crippen molar-refractivity contribution in [2.24, 2.45) is 0 Å². The molecule has 1 atom stereocenters. The summed E-state index contributed by atoms with van der Waals surface area (Å²) in [6.45, 7) is 4.87. The molecular weight excluding hydrogens is 580 g/mol. The van der Waals surface area contributed by atoms with E-state index in [1.165, 1.54) is 25.0 Å². The number of carbonyl (C=O) groups is 2. The molecule has 2 N–H and O–H groups in total. The molecule has 1 aliphatic carbocycles. The number of hydrogen-bond donors (Lipinski definition) is 2. The molecule has 4 bridgehead atoms. The molecule has 1 saturated heterocycles. The van der Waals surface area contributed by atoms with E-state index in [2.05, 4.69) is 20.0 Å². The maximum Gasteiger partial charge on any atom is 0.317 e. The van der Waals surface area contributed by atoms with Crippen LogP contribution in [0.15, 0.2) is 53.4 Å². The van der Waals surface area contributed by atoms with Crippen molar-refractivity contribution < 1.29 is 22.7 Å². The van der Waals surface area contributed by atoms with E-state index in [4.69, 9.17) is 4.74 Å². The van der Waals surface area contributed by atoms with E-state index in [0.717, 1.165) is 42.4 Å². The number of carbonyl (C=O) groups excluding carboxylic acids is 2. The van der Waals surface area contributed by atoms with Crippen LogP contribution in [-0.2, 0) is 10.0 Å². The maximum atomic E-state index is 13.8. The number of amides is 3. The van der Waals surface area contributed by atoms with E-state index in [1.807, 2.05) is 32.0 Å². The van der Waals surface area contributed by atoms with Crippen LogP contribution in [0.1, 0.15) is 60.0 Å². The van der Waals surface area contributed by atoms with Gasteiger partial charge in [-0.15, -0.1) is 0 Å². The molecule has 1 aromatic heterocycles. The quantitative estimate of drug-likeness (QED) is 0.404. The molecule has 0 spiro atoms. The Morgan fingerprint density at radius 1 is 0.977 bits per heavy atom. The number of aryl methyl sites for hydroxylation is 2. The lowest BCUT2D eigenvalue weighted by atomic mass is 10.00. The summed E-state index contributed by atoms with van der Waals surface area (Å²) < 4.78 is 35.6. The SMILES string of the molecule is Cc1cccc(C)c1-c1cc2nc(n1)NS(=O)(=O)c1cccc(c1)C(=O)N1CCN(C(=O)NC3CCCCCC3)C[C@@H]1CO2. The summed E-state index contributed by atoms with van der Waals surface area (Å²) in [6, 6.07) is 13.0. The smallest absolute Gasteiger partial charge is 0.317 e. The summed E-state index contributed by atoms with van der Waals surface area (Å²) in [7, 11) is -4.13. The average Bonchev–Trinajstić information content (AvgIpc) is 3.27. The van der Waals surface area contributed by atoms with Crippen LogP contribution in [-0.4, -0.2) is 78.4 Å². The van der Waals surface area contributed by atoms with Crippen molar-refractivity contribution in [3.8, 4) is 17.1 Å². The van der Waals surface area contributed by atoms with Gasteiger partial charge in [0, 0.05) is 42.9 Å². The van der Waals surface area contributed by atoms with Crippen molar-refractivity contribution in [2.45, 2.75) is 69.4 Å². The number of aromatic nitrogens is 2. The number of anilines is 1. The number of piperazine rings is 1. The van der Waals surface area contributed by atoms with Crippen LogP contribution in [0, 0.1) is 13.8 Å². The molecular formula is C32H38N6O5S. The lowest BCUT2D eigenvalue weighted by Gasteiger charge is -2.41. The van der Waals surface area contributed by atoms with Crippen molar-refractivity contribution in [1.29, 1.82) is 0 Å². The minimum absolute atomic E-state index is 0.0496. The molecule has 2 aliphatic heterocycles. The number of ether oxygens (including phenoxy) is 1. The van der Waals surface area contributed by atoms with Crippen LogP contribution >= 0.6 is 0 Å². The number of benzene rings is 2. The molecule has 44 heavy (non-hydrogen) atoms. The van der Waals surface area contributed by atoms with Crippen molar-refractivity contribution in [3.05, 3.63) is 65.2 Å². The van der Waals surface area contributed by atoms with E-state index in [0.29, 0.717) is 12.2 Å². The summed E-state index contributed by atoms with van der Waals surface area (Å²) in [6.07, 6.45) is 6.56. The minimum Gasteiger partial charge on any atom is -0.475 e. The van der Waals surface area contributed by atoms with Gasteiger partial charge < -0.3 is 19.9 Å². The Hall–Kier alpha value is -4.19. The molecule has 0 radical (unpaired) electrons. The van der Waals surface area contributed by atoms with Crippen molar-refractivity contribution in [3.63, 3.8) is 0 Å². The monoisotopic (exact) mass is 618 g/mol. The highest BCUT2D eigenvalue weighted by molar-refractivity contribution is 7.92. The molecule has 6 rings (SSSR count). The first-order chi connectivity index (χ1) is 21.2. The van der Waals surface area contributed by atoms with Gasteiger partial charge in [0.15, 0.2) is 0 Å². The largest absolute Gasteiger partial charge is 0.475 e. The summed E-state index contributed by atoms with van der Waals surface area (Å²) in [5, 5.41) is 3.21. The van der Waals surface area contributed by atoms with Crippen LogP contribution in [0.25, 0.3) is 11.3 Å². The lowest BCUT2D eigenvalue weighted by Crippen LogP contribution is -2.60.